The minimum absolute atomic E-state index is 0.0534. The molecule has 0 aliphatic heterocycles. The number of benzene rings is 3. The Balaban J connectivity index is 2.07. The maximum Gasteiger partial charge on any atom is 0.264 e. The second-order valence-corrected chi connectivity index (χ2v) is 12.6. The number of carbonyl (C=O) groups excluding carboxylic acids is 2. The van der Waals surface area contributed by atoms with Gasteiger partial charge in [-0.05, 0) is 74.1 Å². The van der Waals surface area contributed by atoms with E-state index in [2.05, 4.69) is 5.32 Å². The zero-order valence-electron chi connectivity index (χ0n) is 26.6. The summed E-state index contributed by atoms with van der Waals surface area (Å²) in [5.74, 6) is -0.0864. The first-order chi connectivity index (χ1) is 21.0. The molecule has 0 bridgehead atoms. The first kappa shape index (κ1) is 34.4. The van der Waals surface area contributed by atoms with Crippen molar-refractivity contribution in [2.24, 2.45) is 0 Å². The summed E-state index contributed by atoms with van der Waals surface area (Å²) >= 11 is 0. The van der Waals surface area contributed by atoms with Crippen LogP contribution < -0.4 is 19.1 Å². The summed E-state index contributed by atoms with van der Waals surface area (Å²) in [5.41, 5.74) is 3.06. The van der Waals surface area contributed by atoms with Crippen LogP contribution in [0.2, 0.25) is 0 Å². The Labute approximate surface area is 262 Å². The molecule has 0 saturated heterocycles. The molecule has 3 rings (SSSR count). The van der Waals surface area contributed by atoms with Crippen molar-refractivity contribution in [1.82, 2.24) is 10.2 Å². The number of methoxy groups -OCH3 is 2. The summed E-state index contributed by atoms with van der Waals surface area (Å²) in [6, 6.07) is 18.7. The van der Waals surface area contributed by atoms with Gasteiger partial charge in [-0.2, -0.15) is 0 Å². The molecule has 3 aromatic carbocycles. The second kappa shape index (κ2) is 16.1. The molecule has 238 valence electrons. The number of amides is 2. The first-order valence-electron chi connectivity index (χ1n) is 15.0. The van der Waals surface area contributed by atoms with Gasteiger partial charge in [-0.25, -0.2) is 8.42 Å². The molecule has 2 amide bonds. The van der Waals surface area contributed by atoms with Crippen LogP contribution >= 0.6 is 0 Å². The van der Waals surface area contributed by atoms with Gasteiger partial charge >= 0.3 is 0 Å². The molecular weight excluding hydrogens is 578 g/mol. The van der Waals surface area contributed by atoms with Gasteiger partial charge in [-0.15, -0.1) is 0 Å². The maximum atomic E-state index is 14.3. The fraction of sp³-hybridized carbons (Fsp3) is 0.412. The van der Waals surface area contributed by atoms with Crippen molar-refractivity contribution >= 4 is 27.5 Å². The van der Waals surface area contributed by atoms with E-state index in [0.717, 1.165) is 33.8 Å². The Kier molecular flexibility index (Phi) is 12.6. The van der Waals surface area contributed by atoms with Gasteiger partial charge in [-0.1, -0.05) is 56.7 Å². The van der Waals surface area contributed by atoms with Crippen LogP contribution in [0.4, 0.5) is 5.69 Å². The van der Waals surface area contributed by atoms with E-state index in [0.29, 0.717) is 30.8 Å². The molecule has 10 heteroatoms. The van der Waals surface area contributed by atoms with Crippen LogP contribution in [0.1, 0.15) is 49.8 Å². The molecule has 44 heavy (non-hydrogen) atoms. The minimum atomic E-state index is -4.26. The fourth-order valence-electron chi connectivity index (χ4n) is 5.13. The average Bonchev–Trinajstić information content (AvgIpc) is 3.01. The number of nitrogens with zero attached hydrogens (tertiary/aromatic N) is 2. The quantitative estimate of drug-likeness (QED) is 0.218. The van der Waals surface area contributed by atoms with Crippen LogP contribution in [0.5, 0.6) is 11.5 Å². The number of aryl methyl sites for hydroxylation is 2. The highest BCUT2D eigenvalue weighted by atomic mass is 32.2. The maximum absolute atomic E-state index is 14.3. The lowest BCUT2D eigenvalue weighted by Crippen LogP contribution is -2.53. The molecule has 0 aliphatic rings. The van der Waals surface area contributed by atoms with Crippen molar-refractivity contribution in [3.8, 4) is 11.5 Å². The molecule has 0 fully saturated rings. The van der Waals surface area contributed by atoms with E-state index in [9.17, 15) is 18.0 Å². The zero-order chi connectivity index (χ0) is 32.3. The SMILES string of the molecule is CCCCNC(=O)[C@@H](CC)N(CCc1ccccc1)C(=O)CN(c1cc(C)cc(C)c1)S(=O)(=O)c1ccc(OC)c(OC)c1. The molecular formula is C34H45N3O6S. The van der Waals surface area contributed by atoms with E-state index in [1.165, 1.54) is 37.3 Å². The molecule has 0 unspecified atom stereocenters. The smallest absolute Gasteiger partial charge is 0.264 e. The molecule has 3 aromatic rings. The van der Waals surface area contributed by atoms with E-state index >= 15 is 0 Å². The van der Waals surface area contributed by atoms with Gasteiger partial charge in [0.25, 0.3) is 10.0 Å². The normalized spacial score (nSPS) is 11.9. The Morgan fingerprint density at radius 2 is 1.55 bits per heavy atom. The van der Waals surface area contributed by atoms with Crippen LogP contribution in [-0.4, -0.2) is 65.0 Å². The number of unbranched alkanes of at least 4 members (excludes halogenated alkanes) is 1. The highest BCUT2D eigenvalue weighted by Gasteiger charge is 2.34. The number of anilines is 1. The van der Waals surface area contributed by atoms with E-state index in [1.807, 2.05) is 64.1 Å². The summed E-state index contributed by atoms with van der Waals surface area (Å²) in [4.78, 5) is 29.1. The van der Waals surface area contributed by atoms with E-state index in [-0.39, 0.29) is 23.1 Å². The van der Waals surface area contributed by atoms with Gasteiger partial charge in [0.05, 0.1) is 24.8 Å². The predicted molar refractivity (Wildman–Crippen MR) is 174 cm³/mol. The van der Waals surface area contributed by atoms with Gasteiger partial charge in [0.15, 0.2) is 11.5 Å². The van der Waals surface area contributed by atoms with E-state index in [1.54, 1.807) is 12.1 Å². The summed E-state index contributed by atoms with van der Waals surface area (Å²) in [6.45, 7) is 7.91. The van der Waals surface area contributed by atoms with Gasteiger partial charge in [0.2, 0.25) is 11.8 Å². The molecule has 1 N–H and O–H groups in total. The second-order valence-electron chi connectivity index (χ2n) is 10.8. The highest BCUT2D eigenvalue weighted by Crippen LogP contribution is 2.33. The van der Waals surface area contributed by atoms with Crippen molar-refractivity contribution in [2.75, 3.05) is 38.2 Å². The molecule has 0 spiro atoms. The standard InChI is InChI=1S/C34H45N3O6S/c1-7-9-18-35-34(39)30(8-2)36(19-17-27-13-11-10-12-14-27)33(38)24-37(28-21-25(3)20-26(4)22-28)44(40,41)29-15-16-31(42-5)32(23-29)43-6/h10-16,20-23,30H,7-9,17-19,24H2,1-6H3,(H,35,39)/t30-/m1/s1. The lowest BCUT2D eigenvalue weighted by Gasteiger charge is -2.33. The Hall–Kier alpha value is -4.05. The summed E-state index contributed by atoms with van der Waals surface area (Å²) < 4.78 is 40.4. The minimum Gasteiger partial charge on any atom is -0.493 e. The fourth-order valence-corrected chi connectivity index (χ4v) is 6.54. The number of nitrogens with one attached hydrogen (secondary N) is 1. The van der Waals surface area contributed by atoms with Crippen molar-refractivity contribution in [3.63, 3.8) is 0 Å². The third-order valence-corrected chi connectivity index (χ3v) is 9.19. The van der Waals surface area contributed by atoms with Gasteiger partial charge < -0.3 is 19.7 Å². The van der Waals surface area contributed by atoms with Crippen LogP contribution in [0, 0.1) is 13.8 Å². The van der Waals surface area contributed by atoms with E-state index < -0.39 is 28.5 Å². The molecule has 1 atom stereocenters. The lowest BCUT2D eigenvalue weighted by atomic mass is 10.1. The average molecular weight is 624 g/mol. The van der Waals surface area contributed by atoms with Gasteiger partial charge in [0.1, 0.15) is 12.6 Å². The zero-order valence-corrected chi connectivity index (χ0v) is 27.4. The van der Waals surface area contributed by atoms with Crippen LogP contribution in [0.3, 0.4) is 0 Å². The summed E-state index contributed by atoms with van der Waals surface area (Å²) in [6.07, 6.45) is 2.64. The topological polar surface area (TPSA) is 105 Å². The molecule has 0 heterocycles. The van der Waals surface area contributed by atoms with E-state index in [4.69, 9.17) is 9.47 Å². The van der Waals surface area contributed by atoms with Gasteiger partial charge in [-0.3, -0.25) is 13.9 Å². The number of hydrogen-bond acceptors (Lipinski definition) is 6. The predicted octanol–water partition coefficient (Wildman–Crippen LogP) is 5.28. The van der Waals surface area contributed by atoms with Crippen molar-refractivity contribution in [3.05, 3.63) is 83.4 Å². The largest absolute Gasteiger partial charge is 0.493 e. The molecule has 9 nitrogen and oxygen atoms in total. The number of sulfonamides is 1. The third kappa shape index (κ3) is 8.75. The molecule has 0 aliphatic carbocycles. The number of ether oxygens (including phenoxy) is 2. The van der Waals surface area contributed by atoms with Crippen molar-refractivity contribution in [2.45, 2.75) is 64.3 Å². The van der Waals surface area contributed by atoms with Crippen molar-refractivity contribution < 1.29 is 27.5 Å². The van der Waals surface area contributed by atoms with Crippen LogP contribution in [-0.2, 0) is 26.0 Å². The lowest BCUT2D eigenvalue weighted by molar-refractivity contribution is -0.139. The summed E-state index contributed by atoms with van der Waals surface area (Å²) in [5, 5.41) is 2.96. The van der Waals surface area contributed by atoms with Crippen LogP contribution in [0.25, 0.3) is 0 Å². The third-order valence-electron chi connectivity index (χ3n) is 7.42. The Morgan fingerprint density at radius 3 is 2.14 bits per heavy atom. The molecule has 0 radical (unpaired) electrons. The van der Waals surface area contributed by atoms with Crippen LogP contribution in [0.15, 0.2) is 71.6 Å². The molecule has 0 saturated carbocycles. The van der Waals surface area contributed by atoms with Crippen molar-refractivity contribution in [1.29, 1.82) is 0 Å². The number of rotatable bonds is 16. The molecule has 0 aromatic heterocycles. The number of carbonyl (C=O) groups is 2. The van der Waals surface area contributed by atoms with Gasteiger partial charge in [0, 0.05) is 19.2 Å². The Bertz CT molecular complexity index is 1490. The summed E-state index contributed by atoms with van der Waals surface area (Å²) in [7, 11) is -1.36. The highest BCUT2D eigenvalue weighted by molar-refractivity contribution is 7.92. The first-order valence-corrected chi connectivity index (χ1v) is 16.4. The monoisotopic (exact) mass is 623 g/mol. The number of hydrogen-bond donors (Lipinski definition) is 1. The Morgan fingerprint density at radius 1 is 0.886 bits per heavy atom.